The highest BCUT2D eigenvalue weighted by molar-refractivity contribution is 5.70. The number of carboxylic acids is 1. The zero-order valence-electron chi connectivity index (χ0n) is 10.0. The fraction of sp³-hybridized carbons (Fsp3) is 0.333. The number of carbonyl (C=O) groups is 2. The van der Waals surface area contributed by atoms with E-state index in [-0.39, 0.29) is 19.6 Å². The third kappa shape index (κ3) is 5.20. The van der Waals surface area contributed by atoms with Crippen LogP contribution in [-0.4, -0.2) is 30.8 Å². The topological polar surface area (TPSA) is 84.9 Å². The summed E-state index contributed by atoms with van der Waals surface area (Å²) in [4.78, 5) is 21.4. The molecule has 0 fully saturated rings. The number of methoxy groups -OCH3 is 1. The maximum absolute atomic E-state index is 11.2. The van der Waals surface area contributed by atoms with E-state index in [1.807, 2.05) is 0 Å². The highest BCUT2D eigenvalue weighted by atomic mass is 16.5. The Morgan fingerprint density at radius 1 is 1.28 bits per heavy atom. The van der Waals surface area contributed by atoms with Gasteiger partial charge < -0.3 is 19.9 Å². The standard InChI is InChI=1S/C12H15NO5/c1-17-10-4-2-9(3-5-10)8-18-12(16)13-7-6-11(14)15/h2-5H,6-8H2,1H3,(H,13,16)(H,14,15). The zero-order chi connectivity index (χ0) is 13.4. The largest absolute Gasteiger partial charge is 0.497 e. The summed E-state index contributed by atoms with van der Waals surface area (Å²) in [6.45, 7) is 0.180. The Bertz CT molecular complexity index is 401. The molecular formula is C12H15NO5. The minimum Gasteiger partial charge on any atom is -0.497 e. The molecule has 0 aliphatic carbocycles. The number of hydrogen-bond acceptors (Lipinski definition) is 4. The van der Waals surface area contributed by atoms with E-state index in [0.29, 0.717) is 0 Å². The average molecular weight is 253 g/mol. The fourth-order valence-corrected chi connectivity index (χ4v) is 1.19. The van der Waals surface area contributed by atoms with Crippen molar-refractivity contribution in [1.82, 2.24) is 5.32 Å². The van der Waals surface area contributed by atoms with Crippen molar-refractivity contribution in [1.29, 1.82) is 0 Å². The highest BCUT2D eigenvalue weighted by Crippen LogP contribution is 2.11. The molecule has 0 atom stereocenters. The number of carbonyl (C=O) groups excluding carboxylic acids is 1. The molecule has 18 heavy (non-hydrogen) atoms. The van der Waals surface area contributed by atoms with E-state index >= 15 is 0 Å². The quantitative estimate of drug-likeness (QED) is 0.800. The minimum absolute atomic E-state index is 0.0524. The van der Waals surface area contributed by atoms with Crippen molar-refractivity contribution in [2.24, 2.45) is 0 Å². The molecule has 1 amide bonds. The number of amides is 1. The van der Waals surface area contributed by atoms with Crippen LogP contribution in [0, 0.1) is 0 Å². The van der Waals surface area contributed by atoms with E-state index in [4.69, 9.17) is 14.6 Å². The molecule has 98 valence electrons. The van der Waals surface area contributed by atoms with Gasteiger partial charge >= 0.3 is 12.1 Å². The van der Waals surface area contributed by atoms with Crippen LogP contribution in [-0.2, 0) is 16.1 Å². The fourth-order valence-electron chi connectivity index (χ4n) is 1.19. The van der Waals surface area contributed by atoms with Crippen molar-refractivity contribution in [2.75, 3.05) is 13.7 Å². The molecule has 2 N–H and O–H groups in total. The second-order valence-electron chi connectivity index (χ2n) is 3.49. The van der Waals surface area contributed by atoms with Crippen LogP contribution < -0.4 is 10.1 Å². The minimum atomic E-state index is -0.967. The van der Waals surface area contributed by atoms with E-state index in [1.54, 1.807) is 31.4 Å². The van der Waals surface area contributed by atoms with Crippen molar-refractivity contribution >= 4 is 12.1 Å². The molecule has 0 saturated heterocycles. The Labute approximate surface area is 105 Å². The first kappa shape index (κ1) is 13.8. The first-order valence-electron chi connectivity index (χ1n) is 5.37. The monoisotopic (exact) mass is 253 g/mol. The molecule has 1 rings (SSSR count). The van der Waals surface area contributed by atoms with E-state index in [2.05, 4.69) is 5.32 Å². The molecule has 6 nitrogen and oxygen atoms in total. The van der Waals surface area contributed by atoms with Crippen molar-refractivity contribution < 1.29 is 24.2 Å². The molecule has 0 heterocycles. The third-order valence-electron chi connectivity index (χ3n) is 2.14. The summed E-state index contributed by atoms with van der Waals surface area (Å²) in [5.41, 5.74) is 0.823. The van der Waals surface area contributed by atoms with Gasteiger partial charge in [0.2, 0.25) is 0 Å². The molecule has 1 aromatic rings. The van der Waals surface area contributed by atoms with Gasteiger partial charge in [-0.05, 0) is 17.7 Å². The lowest BCUT2D eigenvalue weighted by molar-refractivity contribution is -0.136. The van der Waals surface area contributed by atoms with Gasteiger partial charge in [-0.1, -0.05) is 12.1 Å². The number of benzene rings is 1. The Kier molecular flexibility index (Phi) is 5.50. The molecule has 1 aromatic carbocycles. The lowest BCUT2D eigenvalue weighted by atomic mass is 10.2. The van der Waals surface area contributed by atoms with Gasteiger partial charge in [0.25, 0.3) is 0 Å². The summed E-state index contributed by atoms with van der Waals surface area (Å²) in [7, 11) is 1.57. The van der Waals surface area contributed by atoms with Crippen LogP contribution in [0.5, 0.6) is 5.75 Å². The van der Waals surface area contributed by atoms with Gasteiger partial charge in [-0.25, -0.2) is 4.79 Å². The van der Waals surface area contributed by atoms with Gasteiger partial charge in [0.05, 0.1) is 13.5 Å². The van der Waals surface area contributed by atoms with Gasteiger partial charge in [0, 0.05) is 6.54 Å². The predicted octanol–water partition coefficient (Wildman–Crippen LogP) is 1.40. The smallest absolute Gasteiger partial charge is 0.407 e. The maximum atomic E-state index is 11.2. The molecule has 0 aliphatic rings. The number of aliphatic carboxylic acids is 1. The van der Waals surface area contributed by atoms with Gasteiger partial charge in [-0.2, -0.15) is 0 Å². The molecule has 0 aliphatic heterocycles. The zero-order valence-corrected chi connectivity index (χ0v) is 10.0. The van der Waals surface area contributed by atoms with Crippen LogP contribution in [0.1, 0.15) is 12.0 Å². The first-order valence-corrected chi connectivity index (χ1v) is 5.37. The van der Waals surface area contributed by atoms with E-state index in [0.717, 1.165) is 11.3 Å². The maximum Gasteiger partial charge on any atom is 0.407 e. The predicted molar refractivity (Wildman–Crippen MR) is 63.4 cm³/mol. The second-order valence-corrected chi connectivity index (χ2v) is 3.49. The van der Waals surface area contributed by atoms with Crippen LogP contribution in [0.15, 0.2) is 24.3 Å². The summed E-state index contributed by atoms with van der Waals surface area (Å²) < 4.78 is 9.89. The number of nitrogens with one attached hydrogen (secondary N) is 1. The van der Waals surface area contributed by atoms with Crippen LogP contribution in [0.2, 0.25) is 0 Å². The number of carboxylic acid groups (broad SMARTS) is 1. The van der Waals surface area contributed by atoms with Gasteiger partial charge in [0.15, 0.2) is 0 Å². The molecular weight excluding hydrogens is 238 g/mol. The molecule has 0 aromatic heterocycles. The molecule has 0 spiro atoms. The summed E-state index contributed by atoms with van der Waals surface area (Å²) in [5.74, 6) is -0.241. The molecule has 0 radical (unpaired) electrons. The summed E-state index contributed by atoms with van der Waals surface area (Å²) in [5, 5.41) is 10.7. The van der Waals surface area contributed by atoms with Crippen molar-refractivity contribution in [3.63, 3.8) is 0 Å². The first-order chi connectivity index (χ1) is 8.61. The van der Waals surface area contributed by atoms with Crippen LogP contribution in [0.4, 0.5) is 4.79 Å². The van der Waals surface area contributed by atoms with Crippen LogP contribution in [0.25, 0.3) is 0 Å². The number of hydrogen-bond donors (Lipinski definition) is 2. The lowest BCUT2D eigenvalue weighted by Gasteiger charge is -2.06. The molecule has 6 heteroatoms. The summed E-state index contributed by atoms with van der Waals surface area (Å²) in [6, 6.07) is 7.09. The van der Waals surface area contributed by atoms with Crippen molar-refractivity contribution in [2.45, 2.75) is 13.0 Å². The van der Waals surface area contributed by atoms with Crippen LogP contribution in [0.3, 0.4) is 0 Å². The van der Waals surface area contributed by atoms with E-state index in [9.17, 15) is 9.59 Å². The average Bonchev–Trinajstić information content (AvgIpc) is 2.36. The van der Waals surface area contributed by atoms with Crippen molar-refractivity contribution in [3.8, 4) is 5.75 Å². The van der Waals surface area contributed by atoms with E-state index in [1.165, 1.54) is 0 Å². The normalized spacial score (nSPS) is 9.61. The van der Waals surface area contributed by atoms with Gasteiger partial charge in [0.1, 0.15) is 12.4 Å². The second kappa shape index (κ2) is 7.16. The Morgan fingerprint density at radius 3 is 2.50 bits per heavy atom. The highest BCUT2D eigenvalue weighted by Gasteiger charge is 2.03. The van der Waals surface area contributed by atoms with Crippen molar-refractivity contribution in [3.05, 3.63) is 29.8 Å². The van der Waals surface area contributed by atoms with E-state index < -0.39 is 12.1 Å². The SMILES string of the molecule is COc1ccc(COC(=O)NCCC(=O)O)cc1. The Balaban J connectivity index is 2.26. The molecule has 0 bridgehead atoms. The lowest BCUT2D eigenvalue weighted by Crippen LogP contribution is -2.26. The number of rotatable bonds is 6. The summed E-state index contributed by atoms with van der Waals surface area (Å²) in [6.07, 6.45) is -0.760. The number of alkyl carbamates (subject to hydrolysis) is 1. The molecule has 0 unspecified atom stereocenters. The third-order valence-corrected chi connectivity index (χ3v) is 2.14. The Morgan fingerprint density at radius 2 is 1.94 bits per heavy atom. The van der Waals surface area contributed by atoms with Gasteiger partial charge in [-0.15, -0.1) is 0 Å². The molecule has 0 saturated carbocycles. The Hall–Kier alpha value is -2.24. The van der Waals surface area contributed by atoms with Crippen LogP contribution >= 0.6 is 0 Å². The van der Waals surface area contributed by atoms with Gasteiger partial charge in [-0.3, -0.25) is 4.79 Å². The summed E-state index contributed by atoms with van der Waals surface area (Å²) >= 11 is 0. The number of ether oxygens (including phenoxy) is 2.